The molecule has 0 amide bonds. The summed E-state index contributed by atoms with van der Waals surface area (Å²) in [6, 6.07) is 2.09. The maximum atomic E-state index is 12.7. The second-order valence-electron chi connectivity index (χ2n) is 5.33. The molecule has 0 fully saturated rings. The first-order valence-corrected chi connectivity index (χ1v) is 8.65. The predicted octanol–water partition coefficient (Wildman–Crippen LogP) is 4.08. The molecular weight excluding hydrogens is 300 g/mol. The minimum absolute atomic E-state index is 0.116. The zero-order valence-electron chi connectivity index (χ0n) is 11.8. The minimum atomic E-state index is 0.116. The summed E-state index contributed by atoms with van der Waals surface area (Å²) >= 11 is 3.30. The number of fused-ring (bicyclic) bond motifs is 2. The van der Waals surface area contributed by atoms with Gasteiger partial charge < -0.3 is 0 Å². The molecule has 4 rings (SSSR count). The molecule has 0 atom stereocenters. The Hall–Kier alpha value is -1.72. The molecule has 0 radical (unpaired) electrons. The van der Waals surface area contributed by atoms with Gasteiger partial charge in [0.2, 0.25) is 0 Å². The van der Waals surface area contributed by atoms with Crippen LogP contribution in [0.1, 0.15) is 28.2 Å². The third-order valence-corrected chi connectivity index (χ3v) is 5.87. The molecule has 0 aliphatic carbocycles. The van der Waals surface area contributed by atoms with Crippen LogP contribution in [0.4, 0.5) is 0 Å². The summed E-state index contributed by atoms with van der Waals surface area (Å²) < 4.78 is 1.83. The molecule has 4 heterocycles. The van der Waals surface area contributed by atoms with Crippen LogP contribution in [-0.2, 0) is 6.54 Å². The maximum absolute atomic E-state index is 12.7. The molecule has 0 bridgehead atoms. The first-order chi connectivity index (χ1) is 10.1. The van der Waals surface area contributed by atoms with Crippen LogP contribution in [0.3, 0.4) is 0 Å². The van der Waals surface area contributed by atoms with E-state index in [4.69, 9.17) is 4.98 Å². The van der Waals surface area contributed by atoms with Crippen LogP contribution >= 0.6 is 22.7 Å². The summed E-state index contributed by atoms with van der Waals surface area (Å²) in [7, 11) is 0. The number of aromatic nitrogens is 2. The van der Waals surface area contributed by atoms with Crippen molar-refractivity contribution in [3.63, 3.8) is 0 Å². The van der Waals surface area contributed by atoms with E-state index in [1.54, 1.807) is 22.7 Å². The second kappa shape index (κ2) is 4.64. The Morgan fingerprint density at radius 2 is 2.24 bits per heavy atom. The average Bonchev–Trinajstić information content (AvgIpc) is 3.14. The monoisotopic (exact) mass is 314 g/mol. The lowest BCUT2D eigenvalue weighted by Crippen LogP contribution is -2.20. The summed E-state index contributed by atoms with van der Waals surface area (Å²) in [4.78, 5) is 19.5. The van der Waals surface area contributed by atoms with E-state index in [2.05, 4.69) is 29.8 Å². The number of hydrogen-bond acceptors (Lipinski definition) is 4. The summed E-state index contributed by atoms with van der Waals surface area (Å²) in [5, 5.41) is 4.99. The van der Waals surface area contributed by atoms with Crippen molar-refractivity contribution in [2.45, 2.75) is 26.8 Å². The first kappa shape index (κ1) is 13.0. The SMILES string of the molecule is Cc1sc2nc3n(c(=O)c2c1C)CCC3=Cc1ccsc1. The van der Waals surface area contributed by atoms with Gasteiger partial charge in [0.1, 0.15) is 10.7 Å². The number of nitrogens with zero attached hydrogens (tertiary/aromatic N) is 2. The van der Waals surface area contributed by atoms with Gasteiger partial charge in [0.25, 0.3) is 5.56 Å². The second-order valence-corrected chi connectivity index (χ2v) is 7.32. The van der Waals surface area contributed by atoms with Crippen molar-refractivity contribution < 1.29 is 0 Å². The van der Waals surface area contributed by atoms with Crippen LogP contribution in [0.25, 0.3) is 21.9 Å². The van der Waals surface area contributed by atoms with Gasteiger partial charge in [-0.25, -0.2) is 4.98 Å². The molecule has 106 valence electrons. The molecule has 5 heteroatoms. The van der Waals surface area contributed by atoms with Crippen molar-refractivity contribution >= 4 is 44.5 Å². The van der Waals surface area contributed by atoms with Crippen molar-refractivity contribution in [1.29, 1.82) is 0 Å². The molecule has 0 aromatic carbocycles. The standard InChI is InChI=1S/C16H14N2OS2/c1-9-10(2)21-15-13(9)16(19)18-5-3-12(14(18)17-15)7-11-4-6-20-8-11/h4,6-8H,3,5H2,1-2H3. The van der Waals surface area contributed by atoms with Crippen LogP contribution in [-0.4, -0.2) is 9.55 Å². The quantitative estimate of drug-likeness (QED) is 0.678. The zero-order chi connectivity index (χ0) is 14.6. The number of allylic oxidation sites excluding steroid dienone is 1. The topological polar surface area (TPSA) is 34.9 Å². The normalized spacial score (nSPS) is 16.0. The van der Waals surface area contributed by atoms with Gasteiger partial charge >= 0.3 is 0 Å². The fourth-order valence-corrected chi connectivity index (χ4v) is 4.46. The molecule has 0 spiro atoms. The van der Waals surface area contributed by atoms with Crippen LogP contribution in [0.2, 0.25) is 0 Å². The van der Waals surface area contributed by atoms with E-state index >= 15 is 0 Å². The Bertz CT molecular complexity index is 929. The van der Waals surface area contributed by atoms with E-state index in [0.717, 1.165) is 40.1 Å². The van der Waals surface area contributed by atoms with E-state index in [0.29, 0.717) is 0 Å². The molecule has 0 saturated carbocycles. The highest BCUT2D eigenvalue weighted by Crippen LogP contribution is 2.32. The first-order valence-electron chi connectivity index (χ1n) is 6.89. The lowest BCUT2D eigenvalue weighted by Gasteiger charge is -2.03. The van der Waals surface area contributed by atoms with E-state index in [1.807, 2.05) is 11.5 Å². The number of rotatable bonds is 1. The highest BCUT2D eigenvalue weighted by Gasteiger charge is 2.23. The van der Waals surface area contributed by atoms with E-state index in [9.17, 15) is 4.79 Å². The summed E-state index contributed by atoms with van der Waals surface area (Å²) in [6.07, 6.45) is 3.04. The zero-order valence-corrected chi connectivity index (χ0v) is 13.5. The van der Waals surface area contributed by atoms with Gasteiger partial charge in [0.05, 0.1) is 5.39 Å². The van der Waals surface area contributed by atoms with Crippen LogP contribution in [0.5, 0.6) is 0 Å². The smallest absolute Gasteiger partial charge is 0.262 e. The van der Waals surface area contributed by atoms with Gasteiger partial charge in [-0.1, -0.05) is 0 Å². The Kier molecular flexibility index (Phi) is 2.87. The summed E-state index contributed by atoms with van der Waals surface area (Å²) in [6.45, 7) is 4.81. The van der Waals surface area contributed by atoms with Crippen molar-refractivity contribution in [3.05, 3.63) is 49.0 Å². The van der Waals surface area contributed by atoms with Gasteiger partial charge in [0, 0.05) is 11.4 Å². The van der Waals surface area contributed by atoms with E-state index < -0.39 is 0 Å². The van der Waals surface area contributed by atoms with Crippen molar-refractivity contribution in [3.8, 4) is 0 Å². The van der Waals surface area contributed by atoms with Crippen molar-refractivity contribution in [1.82, 2.24) is 9.55 Å². The number of hydrogen-bond donors (Lipinski definition) is 0. The van der Waals surface area contributed by atoms with Crippen LogP contribution < -0.4 is 5.56 Å². The van der Waals surface area contributed by atoms with Gasteiger partial charge in [-0.05, 0) is 59.9 Å². The summed E-state index contributed by atoms with van der Waals surface area (Å²) in [5.74, 6) is 0.847. The lowest BCUT2D eigenvalue weighted by atomic mass is 10.1. The molecule has 1 aliphatic heterocycles. The van der Waals surface area contributed by atoms with Crippen LogP contribution in [0, 0.1) is 13.8 Å². The molecule has 0 N–H and O–H groups in total. The fourth-order valence-electron chi connectivity index (χ4n) is 2.82. The highest BCUT2D eigenvalue weighted by molar-refractivity contribution is 7.18. The Morgan fingerprint density at radius 1 is 1.38 bits per heavy atom. The molecule has 0 unspecified atom stereocenters. The van der Waals surface area contributed by atoms with Crippen LogP contribution in [0.15, 0.2) is 21.6 Å². The molecule has 0 saturated heterocycles. The minimum Gasteiger partial charge on any atom is -0.292 e. The van der Waals surface area contributed by atoms with E-state index in [1.165, 1.54) is 10.4 Å². The van der Waals surface area contributed by atoms with E-state index in [-0.39, 0.29) is 5.56 Å². The third kappa shape index (κ3) is 1.92. The van der Waals surface area contributed by atoms with Crippen molar-refractivity contribution in [2.75, 3.05) is 0 Å². The van der Waals surface area contributed by atoms with Gasteiger partial charge in [-0.3, -0.25) is 9.36 Å². The molecule has 21 heavy (non-hydrogen) atoms. The molecule has 3 nitrogen and oxygen atoms in total. The molecule has 3 aromatic rings. The number of thiophene rings is 2. The maximum Gasteiger partial charge on any atom is 0.262 e. The number of aryl methyl sites for hydroxylation is 2. The molecule has 3 aromatic heterocycles. The fraction of sp³-hybridized carbons (Fsp3) is 0.250. The Balaban J connectivity index is 1.98. The highest BCUT2D eigenvalue weighted by atomic mass is 32.1. The molecular formula is C16H14N2OS2. The largest absolute Gasteiger partial charge is 0.292 e. The van der Waals surface area contributed by atoms with Gasteiger partial charge in [-0.2, -0.15) is 11.3 Å². The average molecular weight is 314 g/mol. The lowest BCUT2D eigenvalue weighted by molar-refractivity contribution is 0.726. The summed E-state index contributed by atoms with van der Waals surface area (Å²) in [5.41, 5.74) is 3.55. The third-order valence-electron chi connectivity index (χ3n) is 4.06. The predicted molar refractivity (Wildman–Crippen MR) is 90.2 cm³/mol. The van der Waals surface area contributed by atoms with Gasteiger partial charge in [0.15, 0.2) is 0 Å². The molecule has 1 aliphatic rings. The van der Waals surface area contributed by atoms with Gasteiger partial charge in [-0.15, -0.1) is 11.3 Å². The Morgan fingerprint density at radius 3 is 3.00 bits per heavy atom. The van der Waals surface area contributed by atoms with Crippen molar-refractivity contribution in [2.24, 2.45) is 0 Å². The Labute approximate surface area is 130 Å².